The number of nitrogens with zero attached hydrogens (tertiary/aromatic N) is 3. The summed E-state index contributed by atoms with van der Waals surface area (Å²) in [6, 6.07) is 17.5. The normalized spacial score (nSPS) is 10.8. The lowest BCUT2D eigenvalue weighted by molar-refractivity contribution is 0.103. The zero-order chi connectivity index (χ0) is 26.1. The van der Waals surface area contributed by atoms with Gasteiger partial charge in [0.2, 0.25) is 0 Å². The molecule has 5 rings (SSSR count). The molecular weight excluding hydrogens is 504 g/mol. The molecule has 8 nitrogen and oxygen atoms in total. The van der Waals surface area contributed by atoms with Gasteiger partial charge in [0.1, 0.15) is 32.9 Å². The molecule has 10 heteroatoms. The molecule has 184 valence electrons. The molecule has 5 N–H and O–H groups in total. The van der Waals surface area contributed by atoms with Crippen LogP contribution >= 0.6 is 22.7 Å². The van der Waals surface area contributed by atoms with E-state index in [0.29, 0.717) is 20.9 Å². The Kier molecular flexibility index (Phi) is 6.48. The van der Waals surface area contributed by atoms with Crippen LogP contribution in [0.2, 0.25) is 0 Å². The average molecular weight is 527 g/mol. The molecule has 0 saturated heterocycles. The first-order valence-electron chi connectivity index (χ1n) is 11.4. The molecule has 0 aliphatic carbocycles. The minimum Gasteiger partial charge on any atom is -0.497 e. The number of nitrogen functional groups attached to an aromatic ring is 2. The van der Waals surface area contributed by atoms with Crippen molar-refractivity contribution in [1.82, 2.24) is 9.97 Å². The Morgan fingerprint density at radius 3 is 2.43 bits per heavy atom. The summed E-state index contributed by atoms with van der Waals surface area (Å²) < 4.78 is 5.20. The van der Waals surface area contributed by atoms with Crippen molar-refractivity contribution >= 4 is 55.4 Å². The van der Waals surface area contributed by atoms with Gasteiger partial charge in [-0.05, 0) is 41.8 Å². The number of nitrogens with two attached hydrogens (primary N) is 2. The van der Waals surface area contributed by atoms with E-state index >= 15 is 0 Å². The summed E-state index contributed by atoms with van der Waals surface area (Å²) in [4.78, 5) is 22.9. The number of aryl methyl sites for hydroxylation is 1. The zero-order valence-corrected chi connectivity index (χ0v) is 21.7. The number of methoxy groups -OCH3 is 1. The first kappa shape index (κ1) is 24.2. The molecule has 0 unspecified atom stereocenters. The number of nitriles is 1. The molecule has 1 amide bonds. The molecule has 0 atom stereocenters. The number of fused-ring (bicyclic) bond motifs is 1. The van der Waals surface area contributed by atoms with E-state index in [4.69, 9.17) is 16.2 Å². The number of ether oxygens (including phenoxy) is 1. The van der Waals surface area contributed by atoms with Gasteiger partial charge in [0, 0.05) is 21.9 Å². The standard InChI is InChI=1S/C27H22N6O2S2/c1-3-14-4-6-16(7-5-14)20-18(12-28)24(30)32-26-21(20)22(29)23(37-26)25(34)33-27-31-19(13-36-27)15-8-10-17(35-2)11-9-15/h4-11,13H,3,29H2,1-2H3,(H2,30,32)(H,31,33,34). The second kappa shape index (κ2) is 9.89. The Morgan fingerprint density at radius 1 is 1.08 bits per heavy atom. The predicted octanol–water partition coefficient (Wildman–Crippen LogP) is 5.95. The summed E-state index contributed by atoms with van der Waals surface area (Å²) in [5.41, 5.74) is 17.3. The monoisotopic (exact) mass is 526 g/mol. The van der Waals surface area contributed by atoms with Crippen molar-refractivity contribution in [2.24, 2.45) is 0 Å². The number of nitrogens with one attached hydrogen (secondary N) is 1. The van der Waals surface area contributed by atoms with Crippen LogP contribution in [0, 0.1) is 11.3 Å². The minimum absolute atomic E-state index is 0.0989. The molecule has 3 heterocycles. The number of hydrogen-bond donors (Lipinski definition) is 3. The number of carbonyl (C=O) groups excluding carboxylic acids is 1. The van der Waals surface area contributed by atoms with Crippen molar-refractivity contribution in [1.29, 1.82) is 5.26 Å². The Labute approximate surface area is 221 Å². The predicted molar refractivity (Wildman–Crippen MR) is 150 cm³/mol. The van der Waals surface area contributed by atoms with E-state index < -0.39 is 5.91 Å². The number of thiophene rings is 1. The van der Waals surface area contributed by atoms with E-state index in [9.17, 15) is 10.1 Å². The molecule has 0 saturated carbocycles. The summed E-state index contributed by atoms with van der Waals surface area (Å²) in [6.07, 6.45) is 0.890. The maximum atomic E-state index is 13.2. The first-order valence-corrected chi connectivity index (χ1v) is 13.0. The lowest BCUT2D eigenvalue weighted by Crippen LogP contribution is -2.11. The molecule has 0 bridgehead atoms. The number of benzene rings is 2. The van der Waals surface area contributed by atoms with Gasteiger partial charge in [0.05, 0.1) is 18.5 Å². The second-order valence-corrected chi connectivity index (χ2v) is 10.0. The van der Waals surface area contributed by atoms with Crippen molar-refractivity contribution < 1.29 is 9.53 Å². The van der Waals surface area contributed by atoms with Gasteiger partial charge in [-0.15, -0.1) is 22.7 Å². The number of amides is 1. The maximum Gasteiger partial charge on any atom is 0.269 e. The highest BCUT2D eigenvalue weighted by Crippen LogP contribution is 2.43. The lowest BCUT2D eigenvalue weighted by Gasteiger charge is -2.10. The topological polar surface area (TPSA) is 140 Å². The third-order valence-corrected chi connectivity index (χ3v) is 7.84. The van der Waals surface area contributed by atoms with Crippen LogP contribution in [0.15, 0.2) is 53.9 Å². The third-order valence-electron chi connectivity index (χ3n) is 5.98. The molecule has 0 spiro atoms. The van der Waals surface area contributed by atoms with E-state index in [1.807, 2.05) is 53.9 Å². The Bertz CT molecular complexity index is 1660. The van der Waals surface area contributed by atoms with Gasteiger partial charge < -0.3 is 16.2 Å². The fraction of sp³-hybridized carbons (Fsp3) is 0.111. The smallest absolute Gasteiger partial charge is 0.269 e. The number of carbonyl (C=O) groups is 1. The van der Waals surface area contributed by atoms with Crippen LogP contribution in [0.25, 0.3) is 32.6 Å². The quantitative estimate of drug-likeness (QED) is 0.248. The summed E-state index contributed by atoms with van der Waals surface area (Å²) in [5.74, 6) is 0.449. The highest BCUT2D eigenvalue weighted by Gasteiger charge is 2.25. The summed E-state index contributed by atoms with van der Waals surface area (Å²) in [7, 11) is 1.61. The largest absolute Gasteiger partial charge is 0.497 e. The maximum absolute atomic E-state index is 13.2. The van der Waals surface area contributed by atoms with E-state index in [0.717, 1.165) is 45.9 Å². The molecular formula is C27H22N6O2S2. The van der Waals surface area contributed by atoms with E-state index in [2.05, 4.69) is 28.3 Å². The Balaban J connectivity index is 1.51. The zero-order valence-electron chi connectivity index (χ0n) is 20.0. The number of aromatic nitrogens is 2. The fourth-order valence-electron chi connectivity index (χ4n) is 4.03. The number of hydrogen-bond acceptors (Lipinski definition) is 9. The van der Waals surface area contributed by atoms with Gasteiger partial charge >= 0.3 is 0 Å². The first-order chi connectivity index (χ1) is 17.9. The third kappa shape index (κ3) is 4.46. The van der Waals surface area contributed by atoms with Crippen LogP contribution in [-0.2, 0) is 6.42 Å². The molecule has 2 aromatic carbocycles. The van der Waals surface area contributed by atoms with E-state index in [-0.39, 0.29) is 21.9 Å². The minimum atomic E-state index is -0.402. The molecule has 0 radical (unpaired) electrons. The van der Waals surface area contributed by atoms with Gasteiger partial charge in [-0.25, -0.2) is 9.97 Å². The van der Waals surface area contributed by atoms with Crippen molar-refractivity contribution in [3.63, 3.8) is 0 Å². The van der Waals surface area contributed by atoms with Crippen LogP contribution < -0.4 is 21.5 Å². The molecule has 0 aliphatic rings. The number of pyridine rings is 1. The summed E-state index contributed by atoms with van der Waals surface area (Å²) in [6.45, 7) is 2.07. The number of thiazole rings is 1. The molecule has 3 aromatic heterocycles. The Morgan fingerprint density at radius 2 is 1.78 bits per heavy atom. The molecule has 0 fully saturated rings. The molecule has 0 aliphatic heterocycles. The summed E-state index contributed by atoms with van der Waals surface area (Å²) in [5, 5.41) is 15.5. The van der Waals surface area contributed by atoms with Crippen molar-refractivity contribution in [2.45, 2.75) is 13.3 Å². The van der Waals surface area contributed by atoms with Crippen LogP contribution in [0.3, 0.4) is 0 Å². The van der Waals surface area contributed by atoms with Gasteiger partial charge in [-0.1, -0.05) is 31.2 Å². The highest BCUT2D eigenvalue weighted by atomic mass is 32.1. The fourth-order valence-corrected chi connectivity index (χ4v) is 5.75. The van der Waals surface area contributed by atoms with Crippen molar-refractivity contribution in [2.75, 3.05) is 23.9 Å². The Hall–Kier alpha value is -4.46. The second-order valence-electron chi connectivity index (χ2n) is 8.15. The average Bonchev–Trinajstić information content (AvgIpc) is 3.52. The van der Waals surface area contributed by atoms with Gasteiger partial charge in [0.25, 0.3) is 5.91 Å². The highest BCUT2D eigenvalue weighted by molar-refractivity contribution is 7.21. The summed E-state index contributed by atoms with van der Waals surface area (Å²) >= 11 is 2.45. The van der Waals surface area contributed by atoms with Crippen LogP contribution in [-0.4, -0.2) is 23.0 Å². The van der Waals surface area contributed by atoms with Gasteiger partial charge in [-0.2, -0.15) is 5.26 Å². The lowest BCUT2D eigenvalue weighted by atomic mass is 9.96. The van der Waals surface area contributed by atoms with E-state index in [1.165, 1.54) is 11.3 Å². The van der Waals surface area contributed by atoms with Crippen LogP contribution in [0.4, 0.5) is 16.6 Å². The van der Waals surface area contributed by atoms with Crippen molar-refractivity contribution in [3.05, 3.63) is 69.9 Å². The van der Waals surface area contributed by atoms with Crippen LogP contribution in [0.5, 0.6) is 5.75 Å². The van der Waals surface area contributed by atoms with Gasteiger partial charge in [-0.3, -0.25) is 10.1 Å². The number of rotatable bonds is 6. The van der Waals surface area contributed by atoms with Crippen molar-refractivity contribution in [3.8, 4) is 34.2 Å². The van der Waals surface area contributed by atoms with Gasteiger partial charge in [0.15, 0.2) is 5.13 Å². The number of anilines is 3. The molecule has 37 heavy (non-hydrogen) atoms. The van der Waals surface area contributed by atoms with E-state index in [1.54, 1.807) is 7.11 Å². The van der Waals surface area contributed by atoms with Crippen LogP contribution in [0.1, 0.15) is 27.7 Å². The SMILES string of the molecule is CCc1ccc(-c2c(C#N)c(N)nc3sc(C(=O)Nc4nc(-c5ccc(OC)cc5)cs4)c(N)c23)cc1. The molecule has 5 aromatic rings.